The Morgan fingerprint density at radius 1 is 1.29 bits per heavy atom. The molecule has 0 amide bonds. The van der Waals surface area contributed by atoms with Gasteiger partial charge in [0.05, 0.1) is 0 Å². The fourth-order valence-corrected chi connectivity index (χ4v) is 2.19. The molecule has 1 aliphatic rings. The summed E-state index contributed by atoms with van der Waals surface area (Å²) in [6.07, 6.45) is 4.16. The summed E-state index contributed by atoms with van der Waals surface area (Å²) in [6, 6.07) is 0. The van der Waals surface area contributed by atoms with Crippen molar-refractivity contribution in [2.24, 2.45) is 5.92 Å². The minimum atomic E-state index is 0.263. The molecule has 0 bridgehead atoms. The van der Waals surface area contributed by atoms with Crippen molar-refractivity contribution < 1.29 is 0 Å². The SMILES string of the molecule is CCC1CCN(CC(C)(C)NC)CC1. The van der Waals surface area contributed by atoms with Crippen molar-refractivity contribution in [1.82, 2.24) is 10.2 Å². The molecule has 1 aliphatic heterocycles. The molecule has 0 saturated carbocycles. The monoisotopic (exact) mass is 198 g/mol. The Kier molecular flexibility index (Phi) is 4.39. The van der Waals surface area contributed by atoms with Gasteiger partial charge in [0.2, 0.25) is 0 Å². The second-order valence-corrected chi connectivity index (χ2v) is 5.26. The maximum absolute atomic E-state index is 3.37. The third-order valence-corrected chi connectivity index (χ3v) is 3.58. The number of hydrogen-bond donors (Lipinski definition) is 1. The standard InChI is InChI=1S/C12H26N2/c1-5-11-6-8-14(9-7-11)10-12(2,3)13-4/h11,13H,5-10H2,1-4H3. The molecule has 0 aromatic carbocycles. The van der Waals surface area contributed by atoms with Gasteiger partial charge >= 0.3 is 0 Å². The van der Waals surface area contributed by atoms with Crippen LogP contribution in [0.4, 0.5) is 0 Å². The highest BCUT2D eigenvalue weighted by Crippen LogP contribution is 2.21. The van der Waals surface area contributed by atoms with Crippen LogP contribution >= 0.6 is 0 Å². The van der Waals surface area contributed by atoms with Crippen LogP contribution < -0.4 is 5.32 Å². The largest absolute Gasteiger partial charge is 0.314 e. The highest BCUT2D eigenvalue weighted by molar-refractivity contribution is 4.82. The first kappa shape index (κ1) is 12.0. The van der Waals surface area contributed by atoms with Crippen LogP contribution in [0.25, 0.3) is 0 Å². The molecule has 2 nitrogen and oxygen atoms in total. The van der Waals surface area contributed by atoms with Gasteiger partial charge in [-0.05, 0) is 52.7 Å². The van der Waals surface area contributed by atoms with Gasteiger partial charge in [-0.15, -0.1) is 0 Å². The zero-order valence-corrected chi connectivity index (χ0v) is 10.3. The molecule has 84 valence electrons. The molecule has 1 saturated heterocycles. The van der Waals surface area contributed by atoms with E-state index in [1.54, 1.807) is 0 Å². The molecule has 14 heavy (non-hydrogen) atoms. The van der Waals surface area contributed by atoms with Crippen LogP contribution in [0, 0.1) is 5.92 Å². The summed E-state index contributed by atoms with van der Waals surface area (Å²) in [5, 5.41) is 3.37. The molecule has 0 atom stereocenters. The summed E-state index contributed by atoms with van der Waals surface area (Å²) in [7, 11) is 2.05. The van der Waals surface area contributed by atoms with Gasteiger partial charge in [-0.3, -0.25) is 0 Å². The fourth-order valence-electron chi connectivity index (χ4n) is 2.19. The molecule has 2 heteroatoms. The van der Waals surface area contributed by atoms with Crippen LogP contribution in [-0.2, 0) is 0 Å². The highest BCUT2D eigenvalue weighted by Gasteiger charge is 2.23. The number of nitrogens with zero attached hydrogens (tertiary/aromatic N) is 1. The Morgan fingerprint density at radius 2 is 1.86 bits per heavy atom. The number of likely N-dealkylation sites (N-methyl/N-ethyl adjacent to an activating group) is 1. The predicted molar refractivity (Wildman–Crippen MR) is 62.6 cm³/mol. The van der Waals surface area contributed by atoms with Gasteiger partial charge in [0.1, 0.15) is 0 Å². The molecule has 1 N–H and O–H groups in total. The lowest BCUT2D eigenvalue weighted by Gasteiger charge is -2.37. The number of nitrogens with one attached hydrogen (secondary N) is 1. The second kappa shape index (κ2) is 5.13. The Labute approximate surface area is 89.1 Å². The van der Waals surface area contributed by atoms with Crippen LogP contribution in [0.2, 0.25) is 0 Å². The van der Waals surface area contributed by atoms with E-state index in [1.807, 2.05) is 0 Å². The molecule has 1 fully saturated rings. The molecule has 1 heterocycles. The molecular weight excluding hydrogens is 172 g/mol. The predicted octanol–water partition coefficient (Wildman–Crippen LogP) is 2.11. The van der Waals surface area contributed by atoms with E-state index in [0.29, 0.717) is 0 Å². The van der Waals surface area contributed by atoms with E-state index in [4.69, 9.17) is 0 Å². The van der Waals surface area contributed by atoms with Crippen molar-refractivity contribution >= 4 is 0 Å². The van der Waals surface area contributed by atoms with Crippen LogP contribution in [0.5, 0.6) is 0 Å². The van der Waals surface area contributed by atoms with Crippen molar-refractivity contribution in [2.75, 3.05) is 26.7 Å². The minimum Gasteiger partial charge on any atom is -0.314 e. The van der Waals surface area contributed by atoms with Crippen LogP contribution in [0.3, 0.4) is 0 Å². The molecule has 0 unspecified atom stereocenters. The third-order valence-electron chi connectivity index (χ3n) is 3.58. The maximum Gasteiger partial charge on any atom is 0.0249 e. The molecule has 0 spiro atoms. The van der Waals surface area contributed by atoms with Crippen molar-refractivity contribution in [3.05, 3.63) is 0 Å². The van der Waals surface area contributed by atoms with Crippen molar-refractivity contribution in [1.29, 1.82) is 0 Å². The topological polar surface area (TPSA) is 15.3 Å². The summed E-state index contributed by atoms with van der Waals surface area (Å²) < 4.78 is 0. The van der Waals surface area contributed by atoms with Gasteiger partial charge in [-0.25, -0.2) is 0 Å². The maximum atomic E-state index is 3.37. The van der Waals surface area contributed by atoms with E-state index < -0.39 is 0 Å². The first-order valence-corrected chi connectivity index (χ1v) is 5.98. The molecule has 0 radical (unpaired) electrons. The summed E-state index contributed by atoms with van der Waals surface area (Å²) >= 11 is 0. The minimum absolute atomic E-state index is 0.263. The first-order chi connectivity index (χ1) is 6.57. The zero-order valence-electron chi connectivity index (χ0n) is 10.3. The quantitative estimate of drug-likeness (QED) is 0.744. The average molecular weight is 198 g/mol. The molecule has 0 aliphatic carbocycles. The van der Waals surface area contributed by atoms with E-state index in [0.717, 1.165) is 5.92 Å². The molecule has 0 aromatic rings. The van der Waals surface area contributed by atoms with E-state index in [1.165, 1.54) is 38.9 Å². The Bertz CT molecular complexity index is 158. The third kappa shape index (κ3) is 3.58. The summed E-state index contributed by atoms with van der Waals surface area (Å²) in [5.41, 5.74) is 0.263. The van der Waals surface area contributed by atoms with E-state index in [9.17, 15) is 0 Å². The zero-order chi connectivity index (χ0) is 10.6. The molecule has 0 aromatic heterocycles. The lowest BCUT2D eigenvalue weighted by molar-refractivity contribution is 0.146. The normalized spacial score (nSPS) is 21.4. The van der Waals surface area contributed by atoms with E-state index in [-0.39, 0.29) is 5.54 Å². The lowest BCUT2D eigenvalue weighted by atomic mass is 9.93. The highest BCUT2D eigenvalue weighted by atomic mass is 15.2. The number of piperidine rings is 1. The van der Waals surface area contributed by atoms with Crippen molar-refractivity contribution in [3.63, 3.8) is 0 Å². The summed E-state index contributed by atoms with van der Waals surface area (Å²) in [4.78, 5) is 2.60. The fraction of sp³-hybridized carbons (Fsp3) is 1.00. The number of rotatable bonds is 4. The van der Waals surface area contributed by atoms with E-state index >= 15 is 0 Å². The molecule has 1 rings (SSSR count). The average Bonchev–Trinajstić information content (AvgIpc) is 2.19. The summed E-state index contributed by atoms with van der Waals surface area (Å²) in [6.45, 7) is 10.6. The van der Waals surface area contributed by atoms with Crippen molar-refractivity contribution in [3.8, 4) is 0 Å². The van der Waals surface area contributed by atoms with Crippen LogP contribution in [-0.4, -0.2) is 37.1 Å². The van der Waals surface area contributed by atoms with Crippen LogP contribution in [0.15, 0.2) is 0 Å². The van der Waals surface area contributed by atoms with Crippen LogP contribution in [0.1, 0.15) is 40.0 Å². The van der Waals surface area contributed by atoms with Gasteiger partial charge in [-0.2, -0.15) is 0 Å². The number of hydrogen-bond acceptors (Lipinski definition) is 2. The first-order valence-electron chi connectivity index (χ1n) is 5.98. The van der Waals surface area contributed by atoms with Gasteiger partial charge in [-0.1, -0.05) is 13.3 Å². The molecular formula is C12H26N2. The second-order valence-electron chi connectivity index (χ2n) is 5.26. The van der Waals surface area contributed by atoms with Gasteiger partial charge in [0.15, 0.2) is 0 Å². The van der Waals surface area contributed by atoms with Crippen molar-refractivity contribution in [2.45, 2.75) is 45.6 Å². The van der Waals surface area contributed by atoms with Gasteiger partial charge in [0.25, 0.3) is 0 Å². The van der Waals surface area contributed by atoms with E-state index in [2.05, 4.69) is 38.0 Å². The smallest absolute Gasteiger partial charge is 0.0249 e. The summed E-state index contributed by atoms with van der Waals surface area (Å²) in [5.74, 6) is 0.990. The Balaban J connectivity index is 2.28. The lowest BCUT2D eigenvalue weighted by Crippen LogP contribution is -2.49. The van der Waals surface area contributed by atoms with Gasteiger partial charge < -0.3 is 10.2 Å². The number of likely N-dealkylation sites (tertiary alicyclic amines) is 1. The van der Waals surface area contributed by atoms with Gasteiger partial charge in [0, 0.05) is 12.1 Å². The Hall–Kier alpha value is -0.0800. The Morgan fingerprint density at radius 3 is 2.29 bits per heavy atom.